The fraction of sp³-hybridized carbons (Fsp3) is 0.182. The smallest absolute Gasteiger partial charge is 0.330 e. The van der Waals surface area contributed by atoms with Crippen LogP contribution in [-0.4, -0.2) is 21.9 Å². The van der Waals surface area contributed by atoms with Gasteiger partial charge in [-0.15, -0.1) is 0 Å². The lowest BCUT2D eigenvalue weighted by atomic mass is 10.1. The summed E-state index contributed by atoms with van der Waals surface area (Å²) < 4.78 is 15.9. The van der Waals surface area contributed by atoms with Gasteiger partial charge in [0, 0.05) is 6.08 Å². The van der Waals surface area contributed by atoms with Crippen molar-refractivity contribution in [1.82, 2.24) is 0 Å². The van der Waals surface area contributed by atoms with E-state index in [9.17, 15) is 9.36 Å². The molecule has 0 heterocycles. The van der Waals surface area contributed by atoms with Crippen LogP contribution in [0.15, 0.2) is 43.0 Å². The SMILES string of the molecule is C=CC(=O)OC(CP(=O)(O)O)c1ccccc1. The second kappa shape index (κ2) is 5.77. The maximum Gasteiger partial charge on any atom is 0.330 e. The van der Waals surface area contributed by atoms with Crippen LogP contribution in [0.2, 0.25) is 0 Å². The third kappa shape index (κ3) is 4.95. The van der Waals surface area contributed by atoms with Crippen molar-refractivity contribution in [2.75, 3.05) is 6.16 Å². The van der Waals surface area contributed by atoms with Crippen LogP contribution in [0.25, 0.3) is 0 Å². The molecular formula is C11H13O5P. The van der Waals surface area contributed by atoms with Crippen molar-refractivity contribution in [2.45, 2.75) is 6.10 Å². The van der Waals surface area contributed by atoms with Gasteiger partial charge in [-0.1, -0.05) is 36.9 Å². The Balaban J connectivity index is 2.90. The van der Waals surface area contributed by atoms with Gasteiger partial charge in [0.2, 0.25) is 0 Å². The molecule has 0 aliphatic carbocycles. The van der Waals surface area contributed by atoms with Crippen LogP contribution in [0.3, 0.4) is 0 Å². The van der Waals surface area contributed by atoms with Gasteiger partial charge in [0.1, 0.15) is 6.10 Å². The van der Waals surface area contributed by atoms with Crippen LogP contribution >= 0.6 is 7.60 Å². The summed E-state index contributed by atoms with van der Waals surface area (Å²) in [6.07, 6.45) is -0.561. The molecule has 1 aromatic rings. The Morgan fingerprint density at radius 3 is 2.47 bits per heavy atom. The van der Waals surface area contributed by atoms with Gasteiger partial charge in [-0.2, -0.15) is 0 Å². The van der Waals surface area contributed by atoms with Crippen LogP contribution in [0.1, 0.15) is 11.7 Å². The fourth-order valence-electron chi connectivity index (χ4n) is 1.28. The van der Waals surface area contributed by atoms with E-state index >= 15 is 0 Å². The Labute approximate surface area is 98.9 Å². The van der Waals surface area contributed by atoms with E-state index < -0.39 is 25.8 Å². The monoisotopic (exact) mass is 256 g/mol. The summed E-state index contributed by atoms with van der Waals surface area (Å²) in [4.78, 5) is 28.9. The first-order chi connectivity index (χ1) is 7.92. The Morgan fingerprint density at radius 1 is 1.41 bits per heavy atom. The molecule has 0 spiro atoms. The first-order valence-electron chi connectivity index (χ1n) is 4.85. The summed E-state index contributed by atoms with van der Waals surface area (Å²) in [5.74, 6) is -0.715. The molecule has 0 radical (unpaired) electrons. The van der Waals surface area contributed by atoms with Gasteiger partial charge in [-0.3, -0.25) is 4.57 Å². The highest BCUT2D eigenvalue weighted by atomic mass is 31.2. The highest BCUT2D eigenvalue weighted by molar-refractivity contribution is 7.51. The number of hydrogen-bond acceptors (Lipinski definition) is 3. The van der Waals surface area contributed by atoms with Crippen LogP contribution in [-0.2, 0) is 14.1 Å². The van der Waals surface area contributed by atoms with E-state index in [1.807, 2.05) is 0 Å². The van der Waals surface area contributed by atoms with Crippen LogP contribution < -0.4 is 0 Å². The van der Waals surface area contributed by atoms with E-state index in [1.54, 1.807) is 30.3 Å². The molecule has 0 aliphatic heterocycles. The van der Waals surface area contributed by atoms with Crippen molar-refractivity contribution in [3.63, 3.8) is 0 Å². The van der Waals surface area contributed by atoms with Gasteiger partial charge in [-0.25, -0.2) is 4.79 Å². The number of carbonyl (C=O) groups is 1. The second-order valence-electron chi connectivity index (χ2n) is 3.39. The van der Waals surface area contributed by atoms with Crippen LogP contribution in [0.5, 0.6) is 0 Å². The summed E-state index contributed by atoms with van der Waals surface area (Å²) >= 11 is 0. The third-order valence-corrected chi connectivity index (χ3v) is 2.81. The second-order valence-corrected chi connectivity index (χ2v) is 5.08. The van der Waals surface area contributed by atoms with Gasteiger partial charge >= 0.3 is 13.6 Å². The Morgan fingerprint density at radius 2 is 2.00 bits per heavy atom. The maximum atomic E-state index is 11.1. The summed E-state index contributed by atoms with van der Waals surface area (Å²) in [5, 5.41) is 0. The fourth-order valence-corrected chi connectivity index (χ4v) is 2.00. The molecule has 0 aromatic heterocycles. The molecule has 0 fully saturated rings. The zero-order valence-corrected chi connectivity index (χ0v) is 9.92. The number of carbonyl (C=O) groups excluding carboxylic acids is 1. The molecule has 1 aromatic carbocycles. The minimum absolute atomic E-state index is 0.533. The predicted molar refractivity (Wildman–Crippen MR) is 62.4 cm³/mol. The van der Waals surface area contributed by atoms with Crippen molar-refractivity contribution in [3.8, 4) is 0 Å². The largest absolute Gasteiger partial charge is 0.454 e. The first kappa shape index (κ1) is 13.6. The van der Waals surface area contributed by atoms with Crippen molar-refractivity contribution in [2.24, 2.45) is 0 Å². The van der Waals surface area contributed by atoms with Gasteiger partial charge in [0.15, 0.2) is 0 Å². The lowest BCUT2D eigenvalue weighted by Gasteiger charge is -2.17. The molecule has 0 saturated heterocycles. The predicted octanol–water partition coefficient (Wildman–Crippen LogP) is 1.63. The Kier molecular flexibility index (Phi) is 4.63. The number of benzene rings is 1. The first-order valence-corrected chi connectivity index (χ1v) is 6.64. The standard InChI is InChI=1S/C11H13O5P/c1-2-11(12)16-10(8-17(13,14)15)9-6-4-3-5-7-9/h2-7,10H,1,8H2,(H2,13,14,15). The molecule has 5 nitrogen and oxygen atoms in total. The highest BCUT2D eigenvalue weighted by Crippen LogP contribution is 2.40. The van der Waals surface area contributed by atoms with Gasteiger partial charge in [-0.05, 0) is 5.56 Å². The minimum atomic E-state index is -4.27. The molecule has 17 heavy (non-hydrogen) atoms. The van der Waals surface area contributed by atoms with E-state index in [2.05, 4.69) is 6.58 Å². The molecule has 0 saturated carbocycles. The van der Waals surface area contributed by atoms with Crippen LogP contribution in [0, 0.1) is 0 Å². The third-order valence-electron chi connectivity index (χ3n) is 2.00. The molecular weight excluding hydrogens is 243 g/mol. The molecule has 1 atom stereocenters. The number of ether oxygens (including phenoxy) is 1. The number of hydrogen-bond donors (Lipinski definition) is 2. The van der Waals surface area contributed by atoms with Gasteiger partial charge < -0.3 is 14.5 Å². The summed E-state index contributed by atoms with van der Waals surface area (Å²) in [6.45, 7) is 3.24. The quantitative estimate of drug-likeness (QED) is 0.475. The van der Waals surface area contributed by atoms with E-state index in [-0.39, 0.29) is 0 Å². The minimum Gasteiger partial charge on any atom is -0.454 e. The summed E-state index contributed by atoms with van der Waals surface area (Å²) in [7, 11) is -4.27. The molecule has 1 unspecified atom stereocenters. The molecule has 0 aliphatic rings. The molecule has 0 amide bonds. The van der Waals surface area contributed by atoms with Crippen molar-refractivity contribution >= 4 is 13.6 Å². The average molecular weight is 256 g/mol. The Bertz CT molecular complexity index is 436. The number of esters is 1. The topological polar surface area (TPSA) is 83.8 Å². The average Bonchev–Trinajstić information content (AvgIpc) is 2.27. The van der Waals surface area contributed by atoms with E-state index in [0.29, 0.717) is 5.56 Å². The summed E-state index contributed by atoms with van der Waals surface area (Å²) in [6, 6.07) is 8.42. The maximum absolute atomic E-state index is 11.1. The zero-order valence-electron chi connectivity index (χ0n) is 9.02. The lowest BCUT2D eigenvalue weighted by molar-refractivity contribution is -0.142. The molecule has 92 valence electrons. The van der Waals surface area contributed by atoms with Crippen molar-refractivity contribution < 1.29 is 23.9 Å². The number of rotatable bonds is 5. The normalized spacial score (nSPS) is 12.8. The van der Waals surface area contributed by atoms with Crippen molar-refractivity contribution in [1.29, 1.82) is 0 Å². The Hall–Kier alpha value is -1.42. The molecule has 6 heteroatoms. The van der Waals surface area contributed by atoms with Gasteiger partial charge in [0.25, 0.3) is 0 Å². The van der Waals surface area contributed by atoms with E-state index in [4.69, 9.17) is 14.5 Å². The highest BCUT2D eigenvalue weighted by Gasteiger charge is 2.25. The summed E-state index contributed by atoms with van der Waals surface area (Å²) in [5.41, 5.74) is 0.533. The zero-order chi connectivity index (χ0) is 12.9. The molecule has 1 rings (SSSR count). The lowest BCUT2D eigenvalue weighted by Crippen LogP contribution is -2.13. The molecule has 2 N–H and O–H groups in total. The molecule has 0 bridgehead atoms. The van der Waals surface area contributed by atoms with Gasteiger partial charge in [0.05, 0.1) is 6.16 Å². The van der Waals surface area contributed by atoms with Crippen LogP contribution in [0.4, 0.5) is 0 Å². The van der Waals surface area contributed by atoms with E-state index in [0.717, 1.165) is 6.08 Å². The van der Waals surface area contributed by atoms with Crippen molar-refractivity contribution in [3.05, 3.63) is 48.6 Å². The van der Waals surface area contributed by atoms with E-state index in [1.165, 1.54) is 0 Å².